The molecular formula is C30H35N9O. The lowest BCUT2D eigenvalue weighted by Gasteiger charge is -2.58. The molecule has 206 valence electrons. The topological polar surface area (TPSA) is 109 Å². The van der Waals surface area contributed by atoms with E-state index in [-0.39, 0.29) is 11.8 Å². The highest BCUT2D eigenvalue weighted by atomic mass is 16.3. The van der Waals surface area contributed by atoms with E-state index in [4.69, 9.17) is 9.97 Å². The molecule has 2 saturated heterocycles. The molecule has 8 rings (SSSR count). The lowest BCUT2D eigenvalue weighted by molar-refractivity contribution is -0.0373. The summed E-state index contributed by atoms with van der Waals surface area (Å²) in [4.78, 5) is 20.6. The molecule has 0 amide bonds. The van der Waals surface area contributed by atoms with Crippen LogP contribution < -0.4 is 15.1 Å². The highest BCUT2D eigenvalue weighted by Gasteiger charge is 2.50. The summed E-state index contributed by atoms with van der Waals surface area (Å²) in [6.45, 7) is 9.77. The number of anilines is 2. The maximum Gasteiger partial charge on any atom is 0.225 e. The van der Waals surface area contributed by atoms with E-state index in [9.17, 15) is 5.11 Å². The molecule has 10 nitrogen and oxygen atoms in total. The number of benzene rings is 1. The van der Waals surface area contributed by atoms with E-state index >= 15 is 0 Å². The van der Waals surface area contributed by atoms with Crippen molar-refractivity contribution in [2.75, 3.05) is 55.6 Å². The first-order chi connectivity index (χ1) is 19.6. The number of aromatic hydroxyl groups is 1. The van der Waals surface area contributed by atoms with Crippen molar-refractivity contribution < 1.29 is 5.11 Å². The summed E-state index contributed by atoms with van der Waals surface area (Å²) in [5, 5.41) is 23.7. The summed E-state index contributed by atoms with van der Waals surface area (Å²) in [6.07, 6.45) is 7.58. The Kier molecular flexibility index (Phi) is 5.50. The Bertz CT molecular complexity index is 1550. The van der Waals surface area contributed by atoms with Crippen LogP contribution in [0, 0.1) is 5.41 Å². The minimum Gasteiger partial charge on any atom is -0.507 e. The van der Waals surface area contributed by atoms with Crippen LogP contribution in [0.15, 0.2) is 42.7 Å². The Hall–Kier alpha value is -3.76. The molecule has 4 aliphatic rings. The number of phenolic OH excluding ortho intramolecular Hbond substituents is 1. The molecule has 3 N–H and O–H groups in total. The van der Waals surface area contributed by atoms with Gasteiger partial charge in [0.2, 0.25) is 5.95 Å². The predicted molar refractivity (Wildman–Crippen MR) is 155 cm³/mol. The average molecular weight is 538 g/mol. The number of piperazine rings is 1. The van der Waals surface area contributed by atoms with Gasteiger partial charge in [-0.15, -0.1) is 10.2 Å². The van der Waals surface area contributed by atoms with E-state index in [0.29, 0.717) is 16.7 Å². The number of nitrogens with zero attached hydrogens (tertiary/aromatic N) is 7. The number of fused-ring (bicyclic) bond motifs is 3. The first kappa shape index (κ1) is 24.1. The highest BCUT2D eigenvalue weighted by molar-refractivity contribution is 5.86. The Morgan fingerprint density at radius 1 is 0.975 bits per heavy atom. The highest BCUT2D eigenvalue weighted by Crippen LogP contribution is 2.46. The van der Waals surface area contributed by atoms with E-state index in [1.165, 1.54) is 37.2 Å². The fraction of sp³-hybridized carbons (Fsp3) is 0.467. The first-order valence-electron chi connectivity index (χ1n) is 14.5. The number of hydrogen-bond donors (Lipinski definition) is 3. The van der Waals surface area contributed by atoms with Crippen molar-refractivity contribution in [3.05, 3.63) is 54.0 Å². The van der Waals surface area contributed by atoms with E-state index < -0.39 is 0 Å². The zero-order chi connectivity index (χ0) is 26.8. The number of H-pyrrole nitrogens is 1. The average Bonchev–Trinajstić information content (AvgIpc) is 3.31. The van der Waals surface area contributed by atoms with E-state index in [1.807, 2.05) is 36.7 Å². The lowest BCUT2D eigenvalue weighted by atomic mass is 9.61. The number of para-hydroxylation sites is 1. The molecular weight excluding hydrogens is 502 g/mol. The molecule has 40 heavy (non-hydrogen) atoms. The summed E-state index contributed by atoms with van der Waals surface area (Å²) in [5.74, 6) is 0.958. The zero-order valence-corrected chi connectivity index (χ0v) is 22.8. The van der Waals surface area contributed by atoms with E-state index in [1.54, 1.807) is 6.07 Å². The summed E-state index contributed by atoms with van der Waals surface area (Å²) in [6, 6.07) is 10.1. The van der Waals surface area contributed by atoms with Crippen molar-refractivity contribution in [3.8, 4) is 17.0 Å². The largest absolute Gasteiger partial charge is 0.507 e. The van der Waals surface area contributed by atoms with E-state index in [0.717, 1.165) is 67.9 Å². The molecule has 3 aliphatic heterocycles. The van der Waals surface area contributed by atoms with Crippen molar-refractivity contribution in [1.82, 2.24) is 35.4 Å². The molecule has 1 saturated carbocycles. The number of aromatic nitrogens is 5. The molecule has 0 radical (unpaired) electrons. The van der Waals surface area contributed by atoms with Gasteiger partial charge in [-0.2, -0.15) is 0 Å². The van der Waals surface area contributed by atoms with Crippen molar-refractivity contribution in [2.24, 2.45) is 5.41 Å². The van der Waals surface area contributed by atoms with E-state index in [2.05, 4.69) is 42.1 Å². The van der Waals surface area contributed by atoms with Gasteiger partial charge in [-0.3, -0.25) is 4.90 Å². The number of aromatic amines is 1. The van der Waals surface area contributed by atoms with Crippen LogP contribution in [0.4, 0.5) is 11.6 Å². The van der Waals surface area contributed by atoms with Crippen LogP contribution in [0.3, 0.4) is 0 Å². The summed E-state index contributed by atoms with van der Waals surface area (Å²) in [5.41, 5.74) is 6.24. The van der Waals surface area contributed by atoms with Gasteiger partial charge in [0.05, 0.1) is 29.8 Å². The normalized spacial score (nSPS) is 22.8. The van der Waals surface area contributed by atoms with Crippen LogP contribution in [0.25, 0.3) is 22.3 Å². The summed E-state index contributed by atoms with van der Waals surface area (Å²) >= 11 is 0. The maximum atomic E-state index is 10.4. The smallest absolute Gasteiger partial charge is 0.225 e. The Balaban J connectivity index is 0.980. The van der Waals surface area contributed by atoms with Gasteiger partial charge in [-0.05, 0) is 43.4 Å². The summed E-state index contributed by atoms with van der Waals surface area (Å²) < 4.78 is 0. The lowest BCUT2D eigenvalue weighted by Crippen LogP contribution is -2.66. The van der Waals surface area contributed by atoms with Gasteiger partial charge in [-0.25, -0.2) is 9.97 Å². The van der Waals surface area contributed by atoms with Gasteiger partial charge in [-0.1, -0.05) is 12.1 Å². The molecule has 1 atom stereocenters. The third-order valence-corrected chi connectivity index (χ3v) is 9.76. The maximum absolute atomic E-state index is 10.4. The second-order valence-electron chi connectivity index (χ2n) is 12.1. The summed E-state index contributed by atoms with van der Waals surface area (Å²) in [7, 11) is 0. The second kappa shape index (κ2) is 9.14. The molecule has 6 heterocycles. The van der Waals surface area contributed by atoms with Gasteiger partial charge in [0.25, 0.3) is 0 Å². The fourth-order valence-corrected chi connectivity index (χ4v) is 7.35. The van der Waals surface area contributed by atoms with Crippen LogP contribution in [0.2, 0.25) is 0 Å². The molecule has 1 aliphatic carbocycles. The third kappa shape index (κ3) is 3.84. The van der Waals surface area contributed by atoms with Gasteiger partial charge < -0.3 is 25.2 Å². The minimum absolute atomic E-state index is 0.0740. The van der Waals surface area contributed by atoms with Gasteiger partial charge in [0, 0.05) is 80.5 Å². The zero-order valence-electron chi connectivity index (χ0n) is 22.8. The van der Waals surface area contributed by atoms with Crippen molar-refractivity contribution in [1.29, 1.82) is 0 Å². The van der Waals surface area contributed by atoms with Crippen LogP contribution in [-0.4, -0.2) is 87.0 Å². The molecule has 3 fully saturated rings. The number of rotatable bonds is 4. The minimum atomic E-state index is 0.0740. The number of phenols is 1. The standard InChI is InChI=1S/C30H35N9O/c1-19-27-23-12-25(22-4-2-3-5-26(22)40)35-36-28(23)34-24(27)6-7-39(19)29-32-15-21(16-33-29)38-10-8-37(9-11-38)20-13-30(14-20)17-31-18-30/h2-5,12,15-16,19-20,31,40H,6-11,13-14,17-18H2,1H3,(H,34,36)/t19-/m1/s1. The van der Waals surface area contributed by atoms with Crippen LogP contribution in [-0.2, 0) is 6.42 Å². The number of nitrogens with one attached hydrogen (secondary N) is 2. The van der Waals surface area contributed by atoms with Crippen molar-refractivity contribution in [3.63, 3.8) is 0 Å². The number of hydrogen-bond acceptors (Lipinski definition) is 9. The Morgan fingerprint density at radius 3 is 2.48 bits per heavy atom. The predicted octanol–water partition coefficient (Wildman–Crippen LogP) is 3.12. The monoisotopic (exact) mass is 537 g/mol. The van der Waals surface area contributed by atoms with Crippen molar-refractivity contribution >= 4 is 22.7 Å². The van der Waals surface area contributed by atoms with Gasteiger partial charge in [0.15, 0.2) is 5.65 Å². The molecule has 0 bridgehead atoms. The molecule has 10 heteroatoms. The quantitative estimate of drug-likeness (QED) is 0.362. The van der Waals surface area contributed by atoms with Crippen molar-refractivity contribution in [2.45, 2.75) is 38.3 Å². The first-order valence-corrected chi connectivity index (χ1v) is 14.5. The van der Waals surface area contributed by atoms with Gasteiger partial charge in [0.1, 0.15) is 5.75 Å². The fourth-order valence-electron chi connectivity index (χ4n) is 7.35. The van der Waals surface area contributed by atoms with Gasteiger partial charge >= 0.3 is 0 Å². The second-order valence-corrected chi connectivity index (χ2v) is 12.1. The van der Waals surface area contributed by atoms with Crippen LogP contribution in [0.1, 0.15) is 37.1 Å². The SMILES string of the molecule is C[C@@H]1c2c([nH]c3nnc(-c4ccccc4O)cc23)CCN1c1ncc(N2CCN(C3CC4(CNC4)C3)CC2)cn1. The van der Waals surface area contributed by atoms with Crippen LogP contribution >= 0.6 is 0 Å². The molecule has 1 spiro atoms. The molecule has 0 unspecified atom stereocenters. The molecule has 1 aromatic carbocycles. The third-order valence-electron chi connectivity index (χ3n) is 9.76. The van der Waals surface area contributed by atoms with Crippen LogP contribution in [0.5, 0.6) is 5.75 Å². The Labute approximate surface area is 233 Å². The molecule has 4 aromatic rings. The molecule has 3 aromatic heterocycles. The Morgan fingerprint density at radius 2 is 1.75 bits per heavy atom.